The van der Waals surface area contributed by atoms with Crippen LogP contribution in [0, 0.1) is 11.6 Å². The Hall–Kier alpha value is -1.57. The third-order valence-electron chi connectivity index (χ3n) is 2.55. The molecule has 4 nitrogen and oxygen atoms in total. The average Bonchev–Trinajstić information content (AvgIpc) is 2.75. The van der Waals surface area contributed by atoms with Gasteiger partial charge in [0.1, 0.15) is 11.6 Å². The normalized spacial score (nSPS) is 12.6. The molecular weight excluding hydrogens is 274 g/mol. The molecule has 102 valence electrons. The maximum Gasteiger partial charge on any atom is 0.304 e. The van der Waals surface area contributed by atoms with Gasteiger partial charge in [-0.15, -0.1) is 0 Å². The van der Waals surface area contributed by atoms with Gasteiger partial charge in [0.15, 0.2) is 0 Å². The van der Waals surface area contributed by atoms with E-state index in [-0.39, 0.29) is 17.0 Å². The van der Waals surface area contributed by atoms with Crippen molar-refractivity contribution < 1.29 is 13.9 Å². The summed E-state index contributed by atoms with van der Waals surface area (Å²) in [5.41, 5.74) is 0.731. The number of aromatic nitrogens is 1. The van der Waals surface area contributed by atoms with E-state index in [9.17, 15) is 18.7 Å². The fourth-order valence-electron chi connectivity index (χ4n) is 1.63. The van der Waals surface area contributed by atoms with Gasteiger partial charge in [-0.2, -0.15) is 0 Å². The number of aliphatic hydroxyl groups excluding tert-OH is 1. The van der Waals surface area contributed by atoms with Crippen molar-refractivity contribution in [3.8, 4) is 0 Å². The van der Waals surface area contributed by atoms with E-state index in [1.165, 1.54) is 6.07 Å². The molecule has 1 heterocycles. The van der Waals surface area contributed by atoms with E-state index < -0.39 is 17.7 Å². The fourth-order valence-corrected chi connectivity index (χ4v) is 2.21. The predicted octanol–water partition coefficient (Wildman–Crippen LogP) is 1.54. The molecule has 0 radical (unpaired) electrons. The first-order chi connectivity index (χ1) is 9.06. The van der Waals surface area contributed by atoms with Crippen LogP contribution in [0.2, 0.25) is 0 Å². The van der Waals surface area contributed by atoms with Crippen molar-refractivity contribution in [1.82, 2.24) is 10.3 Å². The summed E-state index contributed by atoms with van der Waals surface area (Å²) in [7, 11) is 0. The van der Waals surface area contributed by atoms with Gasteiger partial charge in [-0.1, -0.05) is 17.4 Å². The first-order valence-corrected chi connectivity index (χ1v) is 6.44. The van der Waals surface area contributed by atoms with Crippen LogP contribution in [0.4, 0.5) is 8.78 Å². The molecule has 0 bridgehead atoms. The number of benzene rings is 1. The van der Waals surface area contributed by atoms with Crippen LogP contribution in [0.25, 0.3) is 0 Å². The minimum atomic E-state index is -1.08. The molecule has 0 saturated heterocycles. The number of halogens is 2. The minimum absolute atomic E-state index is 0.0349. The zero-order chi connectivity index (χ0) is 13.8. The lowest BCUT2D eigenvalue weighted by atomic mass is 10.1. The van der Waals surface area contributed by atoms with Gasteiger partial charge in [0.25, 0.3) is 0 Å². The lowest BCUT2D eigenvalue weighted by molar-refractivity contribution is 0.169. The Morgan fingerprint density at radius 1 is 1.42 bits per heavy atom. The summed E-state index contributed by atoms with van der Waals surface area (Å²) < 4.78 is 26.1. The van der Waals surface area contributed by atoms with Crippen molar-refractivity contribution in [3.05, 3.63) is 56.1 Å². The van der Waals surface area contributed by atoms with Crippen molar-refractivity contribution in [1.29, 1.82) is 0 Å². The first kappa shape index (κ1) is 13.9. The molecule has 0 aliphatic rings. The molecule has 0 aliphatic carbocycles. The summed E-state index contributed by atoms with van der Waals surface area (Å²) in [6.45, 7) is 0.457. The number of hydrogen-bond donors (Lipinski definition) is 3. The topological polar surface area (TPSA) is 65.1 Å². The van der Waals surface area contributed by atoms with Gasteiger partial charge in [-0.25, -0.2) is 8.78 Å². The molecule has 3 N–H and O–H groups in total. The Morgan fingerprint density at radius 3 is 2.84 bits per heavy atom. The second-order valence-electron chi connectivity index (χ2n) is 3.99. The third kappa shape index (κ3) is 3.69. The molecule has 2 aromatic rings. The van der Waals surface area contributed by atoms with E-state index in [2.05, 4.69) is 10.3 Å². The van der Waals surface area contributed by atoms with Gasteiger partial charge in [0, 0.05) is 35.8 Å². The molecule has 1 unspecified atom stereocenters. The Kier molecular flexibility index (Phi) is 4.41. The maximum atomic E-state index is 13.4. The van der Waals surface area contributed by atoms with Gasteiger partial charge in [0.05, 0.1) is 6.10 Å². The zero-order valence-electron chi connectivity index (χ0n) is 9.82. The van der Waals surface area contributed by atoms with Crippen molar-refractivity contribution in [2.45, 2.75) is 12.6 Å². The molecule has 1 aromatic heterocycles. The van der Waals surface area contributed by atoms with E-state index in [1.54, 1.807) is 5.38 Å². The largest absolute Gasteiger partial charge is 0.387 e. The van der Waals surface area contributed by atoms with E-state index in [0.29, 0.717) is 12.2 Å². The van der Waals surface area contributed by atoms with Crippen LogP contribution in [0.5, 0.6) is 0 Å². The third-order valence-corrected chi connectivity index (χ3v) is 3.26. The van der Waals surface area contributed by atoms with Crippen LogP contribution in [-0.4, -0.2) is 16.6 Å². The smallest absolute Gasteiger partial charge is 0.304 e. The zero-order valence-corrected chi connectivity index (χ0v) is 10.6. The summed E-state index contributed by atoms with van der Waals surface area (Å²) >= 11 is 1.05. The number of H-pyrrole nitrogens is 1. The van der Waals surface area contributed by atoms with E-state index in [4.69, 9.17) is 0 Å². The lowest BCUT2D eigenvalue weighted by Gasteiger charge is -2.12. The van der Waals surface area contributed by atoms with Crippen LogP contribution >= 0.6 is 11.3 Å². The highest BCUT2D eigenvalue weighted by molar-refractivity contribution is 7.07. The van der Waals surface area contributed by atoms with Crippen molar-refractivity contribution in [2.24, 2.45) is 0 Å². The van der Waals surface area contributed by atoms with E-state index in [1.807, 2.05) is 0 Å². The Morgan fingerprint density at radius 2 is 2.21 bits per heavy atom. The number of nitrogens with one attached hydrogen (secondary N) is 2. The standard InChI is InChI=1S/C12H12F2N2O2S/c13-7-1-2-9(10(14)3-7)11(17)5-15-4-8-6-19-12(18)16-8/h1-3,6,11,15,17H,4-5H2,(H,16,18). The van der Waals surface area contributed by atoms with Crippen LogP contribution in [-0.2, 0) is 6.54 Å². The molecule has 0 spiro atoms. The van der Waals surface area contributed by atoms with Gasteiger partial charge in [0.2, 0.25) is 0 Å². The Balaban J connectivity index is 1.90. The van der Waals surface area contributed by atoms with Crippen molar-refractivity contribution in [3.63, 3.8) is 0 Å². The molecule has 7 heteroatoms. The molecule has 0 amide bonds. The SMILES string of the molecule is O=c1[nH]c(CNCC(O)c2ccc(F)cc2F)cs1. The molecular formula is C12H12F2N2O2S. The quantitative estimate of drug-likeness (QED) is 0.781. The van der Waals surface area contributed by atoms with Gasteiger partial charge < -0.3 is 15.4 Å². The van der Waals surface area contributed by atoms with Crippen LogP contribution in [0.3, 0.4) is 0 Å². The van der Waals surface area contributed by atoms with E-state index in [0.717, 1.165) is 23.5 Å². The van der Waals surface area contributed by atoms with Crippen LogP contribution < -0.4 is 10.2 Å². The highest BCUT2D eigenvalue weighted by atomic mass is 32.1. The second-order valence-corrected chi connectivity index (χ2v) is 4.83. The van der Waals surface area contributed by atoms with Crippen molar-refractivity contribution in [2.75, 3.05) is 6.54 Å². The van der Waals surface area contributed by atoms with E-state index >= 15 is 0 Å². The number of hydrogen-bond acceptors (Lipinski definition) is 4. The molecule has 0 saturated carbocycles. The molecule has 1 atom stereocenters. The number of thiazole rings is 1. The molecule has 1 aromatic carbocycles. The van der Waals surface area contributed by atoms with Gasteiger partial charge in [-0.3, -0.25) is 4.79 Å². The maximum absolute atomic E-state index is 13.4. The Labute approximate surface area is 111 Å². The summed E-state index contributed by atoms with van der Waals surface area (Å²) in [6.07, 6.45) is -1.08. The number of aromatic amines is 1. The lowest BCUT2D eigenvalue weighted by Crippen LogP contribution is -2.22. The second kappa shape index (κ2) is 6.05. The number of rotatable bonds is 5. The molecule has 2 rings (SSSR count). The highest BCUT2D eigenvalue weighted by Gasteiger charge is 2.13. The molecule has 0 fully saturated rings. The predicted molar refractivity (Wildman–Crippen MR) is 68.0 cm³/mol. The summed E-state index contributed by atoms with van der Waals surface area (Å²) in [5, 5.41) is 14.3. The minimum Gasteiger partial charge on any atom is -0.387 e. The summed E-state index contributed by atoms with van der Waals surface area (Å²) in [4.78, 5) is 13.3. The fraction of sp³-hybridized carbons (Fsp3) is 0.250. The summed E-state index contributed by atoms with van der Waals surface area (Å²) in [6, 6.07) is 3.04. The van der Waals surface area contributed by atoms with Crippen molar-refractivity contribution >= 4 is 11.3 Å². The first-order valence-electron chi connectivity index (χ1n) is 5.56. The van der Waals surface area contributed by atoms with Gasteiger partial charge >= 0.3 is 4.87 Å². The summed E-state index contributed by atoms with van der Waals surface area (Å²) in [5.74, 6) is -1.46. The highest BCUT2D eigenvalue weighted by Crippen LogP contribution is 2.17. The average molecular weight is 286 g/mol. The monoisotopic (exact) mass is 286 g/mol. The van der Waals surface area contributed by atoms with Gasteiger partial charge in [-0.05, 0) is 6.07 Å². The van der Waals surface area contributed by atoms with Crippen LogP contribution in [0.15, 0.2) is 28.4 Å². The van der Waals surface area contributed by atoms with Crippen LogP contribution in [0.1, 0.15) is 17.4 Å². The Bertz CT molecular complexity index is 612. The molecule has 19 heavy (non-hydrogen) atoms. The molecule has 0 aliphatic heterocycles. The number of aliphatic hydroxyl groups is 1.